The summed E-state index contributed by atoms with van der Waals surface area (Å²) in [6.07, 6.45) is 34.9. The van der Waals surface area contributed by atoms with Crippen LogP contribution < -0.4 is 60.8 Å². The summed E-state index contributed by atoms with van der Waals surface area (Å²) in [4.78, 5) is 118. The average Bonchev–Trinajstić information content (AvgIpc) is 0.812. The van der Waals surface area contributed by atoms with E-state index in [1.165, 1.54) is 66.6 Å². The molecule has 0 bridgehead atoms. The van der Waals surface area contributed by atoms with Gasteiger partial charge in [0.15, 0.2) is 17.4 Å². The van der Waals surface area contributed by atoms with Crippen LogP contribution in [0.4, 0.5) is 85.8 Å². The third kappa shape index (κ3) is 32.4. The number of terminal acetylenes is 2. The van der Waals surface area contributed by atoms with E-state index in [0.29, 0.717) is 140 Å². The summed E-state index contributed by atoms with van der Waals surface area (Å²) in [5.74, 6) is 3.64. The largest absolute Gasteiger partial charge is 0.456 e. The molecule has 742 valence electrons. The van der Waals surface area contributed by atoms with Crippen LogP contribution in [-0.4, -0.2) is 106 Å². The van der Waals surface area contributed by atoms with Crippen molar-refractivity contribution in [1.29, 1.82) is 0 Å². The van der Waals surface area contributed by atoms with Crippen LogP contribution in [0.2, 0.25) is 10.0 Å². The molecule has 18 aromatic rings. The molecule has 0 saturated heterocycles. The van der Waals surface area contributed by atoms with E-state index in [2.05, 4.69) is 93.6 Å². The number of aryl methyl sites for hydroxylation is 4. The summed E-state index contributed by atoms with van der Waals surface area (Å²) in [5.41, 5.74) is 13.8. The van der Waals surface area contributed by atoms with Crippen molar-refractivity contribution in [3.63, 3.8) is 0 Å². The Labute approximate surface area is 865 Å². The van der Waals surface area contributed by atoms with Gasteiger partial charge >= 0.3 is 0 Å². The van der Waals surface area contributed by atoms with Crippen LogP contribution >= 0.6 is 23.2 Å². The van der Waals surface area contributed by atoms with E-state index < -0.39 is 29.2 Å². The van der Waals surface area contributed by atoms with Gasteiger partial charge in [-0.25, -0.2) is 47.5 Å². The molecular weight excluding hydrogens is 1940 g/mol. The number of anilines is 12. The second-order valence-corrected chi connectivity index (χ2v) is 33.3. The second kappa shape index (κ2) is 52.9. The van der Waals surface area contributed by atoms with Gasteiger partial charge in [0, 0.05) is 159 Å². The zero-order chi connectivity index (χ0) is 106. The molecule has 149 heavy (non-hydrogen) atoms. The number of carbonyl (C=O) groups excluding carboxylic acids is 6. The lowest BCUT2D eigenvalue weighted by molar-refractivity contribution is 0.101. The van der Waals surface area contributed by atoms with Crippen LogP contribution in [0.1, 0.15) is 95.7 Å². The zero-order valence-corrected chi connectivity index (χ0v) is 82.2. The third-order valence-corrected chi connectivity index (χ3v) is 21.5. The molecule has 28 nitrogen and oxygen atoms in total. The fourth-order valence-electron chi connectivity index (χ4n) is 13.8. The fraction of sp³-hybridized carbons (Fsp3) is 0.0609. The molecule has 0 aliphatic heterocycles. The number of aromatic nitrogens is 10. The molecular formula is C115H91Cl2F4N19O9. The number of nitrogens with one attached hydrogen (secondary N) is 6. The Hall–Kier alpha value is -19.7. The molecule has 34 heteroatoms. The first-order chi connectivity index (χ1) is 72.0. The van der Waals surface area contributed by atoms with Crippen molar-refractivity contribution in [1.82, 2.24) is 49.8 Å². The summed E-state index contributed by atoms with van der Waals surface area (Å²) in [6.45, 7) is 7.72. The highest BCUT2D eigenvalue weighted by atomic mass is 35.5. The van der Waals surface area contributed by atoms with Crippen LogP contribution in [0, 0.1) is 75.7 Å². The minimum Gasteiger partial charge on any atom is -0.456 e. The van der Waals surface area contributed by atoms with E-state index in [0.717, 1.165) is 40.2 Å². The monoisotopic (exact) mass is 2030 g/mol. The van der Waals surface area contributed by atoms with Gasteiger partial charge in [0.05, 0.1) is 90.4 Å². The molecule has 6 amide bonds. The number of benzene rings is 11. The van der Waals surface area contributed by atoms with Gasteiger partial charge in [0.2, 0.25) is 0 Å². The third-order valence-electron chi connectivity index (χ3n) is 21.1. The van der Waals surface area contributed by atoms with Crippen molar-refractivity contribution in [3.05, 3.63) is 479 Å². The maximum absolute atomic E-state index is 14.3. The second-order valence-electron chi connectivity index (χ2n) is 32.4. The molecule has 0 aliphatic carbocycles. The van der Waals surface area contributed by atoms with Gasteiger partial charge in [-0.15, -0.1) is 12.8 Å². The van der Waals surface area contributed by atoms with Gasteiger partial charge < -0.3 is 60.8 Å². The molecule has 0 aliphatic rings. The smallest absolute Gasteiger partial charge is 0.274 e. The van der Waals surface area contributed by atoms with E-state index in [1.807, 2.05) is 132 Å². The minimum atomic E-state index is -1.09. The number of hydrogen-bond donors (Lipinski definition) is 6. The molecule has 18 rings (SSSR count). The Morgan fingerprint density at radius 3 is 1.15 bits per heavy atom. The number of carbonyl (C=O) groups is 6. The first kappa shape index (κ1) is 107. The van der Waals surface area contributed by atoms with Gasteiger partial charge in [0.25, 0.3) is 35.4 Å². The molecule has 0 unspecified atom stereocenters. The van der Waals surface area contributed by atoms with Crippen LogP contribution in [0.3, 0.4) is 0 Å². The highest BCUT2D eigenvalue weighted by Crippen LogP contribution is 2.36. The lowest BCUT2D eigenvalue weighted by Gasteiger charge is -2.20. The van der Waals surface area contributed by atoms with E-state index in [-0.39, 0.29) is 40.9 Å². The molecule has 11 aromatic carbocycles. The Kier molecular flexibility index (Phi) is 37.8. The summed E-state index contributed by atoms with van der Waals surface area (Å²) in [5, 5.41) is 17.6. The quantitative estimate of drug-likeness (QED) is 0.0242. The van der Waals surface area contributed by atoms with Gasteiger partial charge in [-0.3, -0.25) is 48.7 Å². The number of rotatable bonds is 24. The maximum atomic E-state index is 14.3. The lowest BCUT2D eigenvalue weighted by Crippen LogP contribution is -2.16. The van der Waals surface area contributed by atoms with Crippen molar-refractivity contribution >= 4 is 127 Å². The molecule has 7 heterocycles. The predicted octanol–water partition coefficient (Wildman–Crippen LogP) is 25.3. The van der Waals surface area contributed by atoms with E-state index in [1.54, 1.807) is 231 Å². The summed E-state index contributed by atoms with van der Waals surface area (Å²) < 4.78 is 73.0. The molecule has 7 aromatic heterocycles. The summed E-state index contributed by atoms with van der Waals surface area (Å²) in [6, 6.07) is 78.7. The van der Waals surface area contributed by atoms with Crippen LogP contribution in [0.15, 0.2) is 379 Å². The Bertz CT molecular complexity index is 7850. The fourth-order valence-corrected chi connectivity index (χ4v) is 14.2. The van der Waals surface area contributed by atoms with Gasteiger partial charge in [-0.05, 0) is 221 Å². The molecule has 0 spiro atoms. The Morgan fingerprint density at radius 1 is 0.295 bits per heavy atom. The summed E-state index contributed by atoms with van der Waals surface area (Å²) in [7, 11) is 5.06. The number of ether oxygens (including phenoxy) is 3. The standard InChI is InChI=1S/C20H13ClN2O2.C20H14F2N4O.C20H18FN3O.C19H15ClN2O2.C18H16FN5O.C18H15N3O2/c1-2-14-5-3-6-15(9-14)20(24)23-17-10-16(21)11-19(12-17)25-18-7-4-8-22-13-18;1-3-13-5-4-6-14(7-13)20(27)25-15-8-17(21)19(22)18(9-15)26(2)16-10-23-12-24-11-16;1-14-5-3-6-15(9-14)20(25)23-17-7-4-8-18(11-17)24(2)19-10-16(21)12-22-13-19;1-13-4-2-5-14(8-13)19(23)22-16-9-15(20)10-18(11-16)24-17-6-3-7-21-12-17;1-12-5-6-22-16(7-12)18(25)23-13-3-4-15(19)17(8-13)24(2)14-9-20-11-21-10-14;1-13-4-2-5-14(8-13)18(22)21-15-6-3-7-16(9-15)23-17-10-19-12-20-11-17/h1,3-13H,(H,23,24);1,4-12H,2H3,(H,25,27);3-13H,1-2H3,(H,23,25);2-12H,1H3,(H,22,23);3-11H,1-2H3,(H,23,25);2-12H,1H3,(H,21,22). The molecule has 6 N–H and O–H groups in total. The SMILES string of the molecule is C#Cc1cccc(C(=O)Nc2cc(Cl)cc(Oc3cccnc3)c2)c1.C#Cc1cccc(C(=O)Nc2cc(F)c(F)c(N(C)c3cncnc3)c2)c1.Cc1cccc(C(=O)Nc2cc(Cl)cc(Oc3cccnc3)c2)c1.Cc1cccc(C(=O)Nc2cccc(N(C)c3cncc(F)c3)c2)c1.Cc1cccc(C(=O)Nc2cccc(Oc3cncnc3)c2)c1.Cc1ccnc(C(=O)Nc2ccc(F)c(N(C)c3cncnc3)c2)c1. The highest BCUT2D eigenvalue weighted by Gasteiger charge is 2.22. The highest BCUT2D eigenvalue weighted by molar-refractivity contribution is 6.31. The topological polar surface area (TPSA) is 341 Å². The van der Waals surface area contributed by atoms with Crippen LogP contribution in [-0.2, 0) is 0 Å². The summed E-state index contributed by atoms with van der Waals surface area (Å²) >= 11 is 12.2. The van der Waals surface area contributed by atoms with Crippen LogP contribution in [0.25, 0.3) is 0 Å². The first-order valence-corrected chi connectivity index (χ1v) is 45.9. The minimum absolute atomic E-state index is 0.0718. The van der Waals surface area contributed by atoms with Crippen molar-refractivity contribution in [2.45, 2.75) is 27.7 Å². The van der Waals surface area contributed by atoms with Gasteiger partial charge in [-0.1, -0.05) is 112 Å². The lowest BCUT2D eigenvalue weighted by atomic mass is 10.1. The van der Waals surface area contributed by atoms with Crippen molar-refractivity contribution in [2.75, 3.05) is 67.7 Å². The number of halogens is 6. The van der Waals surface area contributed by atoms with Crippen LogP contribution in [0.5, 0.6) is 34.5 Å². The van der Waals surface area contributed by atoms with Crippen molar-refractivity contribution in [3.8, 4) is 59.2 Å². The normalized spacial score (nSPS) is 10.2. The molecule has 0 saturated carbocycles. The molecule has 0 atom stereocenters. The molecule has 0 fully saturated rings. The van der Waals surface area contributed by atoms with Crippen molar-refractivity contribution in [2.24, 2.45) is 0 Å². The Morgan fingerprint density at radius 2 is 0.685 bits per heavy atom. The van der Waals surface area contributed by atoms with Gasteiger partial charge in [0.1, 0.15) is 65.1 Å². The van der Waals surface area contributed by atoms with E-state index >= 15 is 0 Å². The number of amides is 6. The Balaban J connectivity index is 0.000000149. The first-order valence-electron chi connectivity index (χ1n) is 45.2. The number of pyridine rings is 4. The van der Waals surface area contributed by atoms with E-state index in [4.69, 9.17) is 50.3 Å². The maximum Gasteiger partial charge on any atom is 0.274 e. The molecule has 0 radical (unpaired) electrons. The number of nitrogens with zero attached hydrogens (tertiary/aromatic N) is 13. The van der Waals surface area contributed by atoms with Crippen molar-refractivity contribution < 1.29 is 60.5 Å². The predicted molar refractivity (Wildman–Crippen MR) is 571 cm³/mol. The number of hydrogen-bond acceptors (Lipinski definition) is 22. The zero-order valence-electron chi connectivity index (χ0n) is 80.7. The average molecular weight is 2030 g/mol. The van der Waals surface area contributed by atoms with E-state index in [9.17, 15) is 46.3 Å². The van der Waals surface area contributed by atoms with Gasteiger partial charge in [-0.2, -0.15) is 0 Å².